The van der Waals surface area contributed by atoms with Crippen molar-refractivity contribution in [2.75, 3.05) is 11.9 Å². The Morgan fingerprint density at radius 2 is 2.27 bits per heavy atom. The molecule has 1 aliphatic rings. The lowest BCUT2D eigenvalue weighted by Crippen LogP contribution is -2.46. The van der Waals surface area contributed by atoms with Crippen molar-refractivity contribution in [2.45, 2.75) is 20.0 Å². The Labute approximate surface area is 88.9 Å². The smallest absolute Gasteiger partial charge is 0.269 e. The summed E-state index contributed by atoms with van der Waals surface area (Å²) in [6, 6.07) is 3.64. The number of ether oxygens (including phenoxy) is 1. The Kier molecular flexibility index (Phi) is 2.34. The van der Waals surface area contributed by atoms with Gasteiger partial charge in [0.1, 0.15) is 0 Å². The van der Waals surface area contributed by atoms with E-state index in [4.69, 9.17) is 4.74 Å². The molecular weight excluding hydrogens is 192 g/mol. The van der Waals surface area contributed by atoms with Gasteiger partial charge >= 0.3 is 0 Å². The van der Waals surface area contributed by atoms with Gasteiger partial charge in [0.15, 0.2) is 17.7 Å². The molecule has 1 aliphatic heterocycles. The summed E-state index contributed by atoms with van der Waals surface area (Å²) in [5, 5.41) is 0. The molecule has 0 fully saturated rings. The van der Waals surface area contributed by atoms with Gasteiger partial charge in [-0.05, 0) is 18.1 Å². The molecular formula is C11H14N2O2. The monoisotopic (exact) mass is 206 g/mol. The number of carbonyl (C=O) groups is 1. The third-order valence-corrected chi connectivity index (χ3v) is 2.50. The third kappa shape index (κ3) is 1.56. The van der Waals surface area contributed by atoms with E-state index in [0.717, 1.165) is 0 Å². The minimum Gasteiger partial charge on any atom is -0.476 e. The van der Waals surface area contributed by atoms with Gasteiger partial charge in [0.25, 0.3) is 5.91 Å². The molecule has 0 radical (unpaired) electrons. The number of carbonyl (C=O) groups excluding carboxylic acids is 1. The fraction of sp³-hybridized carbons (Fsp3) is 0.455. The van der Waals surface area contributed by atoms with E-state index in [0.29, 0.717) is 11.6 Å². The van der Waals surface area contributed by atoms with Crippen molar-refractivity contribution in [1.82, 2.24) is 4.98 Å². The Morgan fingerprint density at radius 3 is 2.93 bits per heavy atom. The Hall–Kier alpha value is -1.58. The zero-order valence-corrected chi connectivity index (χ0v) is 9.10. The van der Waals surface area contributed by atoms with E-state index in [9.17, 15) is 4.79 Å². The highest BCUT2D eigenvalue weighted by atomic mass is 16.5. The van der Waals surface area contributed by atoms with Crippen molar-refractivity contribution in [3.05, 3.63) is 18.3 Å². The van der Waals surface area contributed by atoms with Crippen LogP contribution in [0.15, 0.2) is 18.3 Å². The van der Waals surface area contributed by atoms with Crippen LogP contribution >= 0.6 is 0 Å². The summed E-state index contributed by atoms with van der Waals surface area (Å²) in [6.07, 6.45) is 1.26. The van der Waals surface area contributed by atoms with Crippen molar-refractivity contribution in [2.24, 2.45) is 5.92 Å². The van der Waals surface area contributed by atoms with E-state index in [1.54, 1.807) is 24.2 Å². The van der Waals surface area contributed by atoms with Crippen molar-refractivity contribution < 1.29 is 9.53 Å². The topological polar surface area (TPSA) is 42.4 Å². The predicted octanol–water partition coefficient (Wildman–Crippen LogP) is 1.46. The Bertz CT molecular complexity index is 390. The second-order valence-electron chi connectivity index (χ2n) is 4.00. The first-order valence-corrected chi connectivity index (χ1v) is 5.00. The lowest BCUT2D eigenvalue weighted by atomic mass is 10.0. The van der Waals surface area contributed by atoms with Crippen LogP contribution in [0, 0.1) is 5.92 Å². The zero-order chi connectivity index (χ0) is 11.0. The maximum absolute atomic E-state index is 11.9. The van der Waals surface area contributed by atoms with E-state index < -0.39 is 6.10 Å². The molecule has 4 heteroatoms. The number of anilines is 1. The van der Waals surface area contributed by atoms with Crippen LogP contribution < -0.4 is 9.64 Å². The SMILES string of the molecule is CC(C)C1Oc2cccnc2N(C)C1=O. The normalized spacial score (nSPS) is 20.1. The highest BCUT2D eigenvalue weighted by molar-refractivity contribution is 5.98. The second kappa shape index (κ2) is 3.53. The number of aromatic nitrogens is 1. The highest BCUT2D eigenvalue weighted by Gasteiger charge is 2.34. The average molecular weight is 206 g/mol. The predicted molar refractivity (Wildman–Crippen MR) is 56.9 cm³/mol. The highest BCUT2D eigenvalue weighted by Crippen LogP contribution is 2.32. The van der Waals surface area contributed by atoms with Gasteiger partial charge in [0.05, 0.1) is 0 Å². The zero-order valence-electron chi connectivity index (χ0n) is 9.10. The van der Waals surface area contributed by atoms with Gasteiger partial charge in [-0.25, -0.2) is 4.98 Å². The second-order valence-corrected chi connectivity index (χ2v) is 4.00. The minimum atomic E-state index is -0.397. The molecule has 2 heterocycles. The van der Waals surface area contributed by atoms with E-state index in [1.807, 2.05) is 19.9 Å². The summed E-state index contributed by atoms with van der Waals surface area (Å²) in [4.78, 5) is 17.6. The van der Waals surface area contributed by atoms with Gasteiger partial charge in [-0.15, -0.1) is 0 Å². The molecule has 0 aliphatic carbocycles. The van der Waals surface area contributed by atoms with Crippen molar-refractivity contribution >= 4 is 11.7 Å². The molecule has 0 N–H and O–H groups in total. The van der Waals surface area contributed by atoms with Crippen LogP contribution in [0.2, 0.25) is 0 Å². The van der Waals surface area contributed by atoms with Crippen molar-refractivity contribution in [1.29, 1.82) is 0 Å². The summed E-state index contributed by atoms with van der Waals surface area (Å²) < 4.78 is 5.62. The summed E-state index contributed by atoms with van der Waals surface area (Å²) >= 11 is 0. The molecule has 1 aromatic heterocycles. The van der Waals surface area contributed by atoms with Crippen LogP contribution in [-0.2, 0) is 4.79 Å². The number of fused-ring (bicyclic) bond motifs is 1. The minimum absolute atomic E-state index is 0.0313. The fourth-order valence-electron chi connectivity index (χ4n) is 1.63. The molecule has 1 atom stereocenters. The van der Waals surface area contributed by atoms with Crippen LogP contribution in [0.4, 0.5) is 5.82 Å². The molecule has 0 bridgehead atoms. The largest absolute Gasteiger partial charge is 0.476 e. The molecule has 0 saturated carbocycles. The number of nitrogens with zero attached hydrogens (tertiary/aromatic N) is 2. The molecule has 1 amide bonds. The molecule has 15 heavy (non-hydrogen) atoms. The van der Waals surface area contributed by atoms with Crippen LogP contribution in [0.3, 0.4) is 0 Å². The summed E-state index contributed by atoms with van der Waals surface area (Å²) in [5.41, 5.74) is 0. The Morgan fingerprint density at radius 1 is 1.53 bits per heavy atom. The molecule has 2 rings (SSSR count). The van der Waals surface area contributed by atoms with Crippen LogP contribution in [0.1, 0.15) is 13.8 Å². The summed E-state index contributed by atoms with van der Waals surface area (Å²) in [6.45, 7) is 3.94. The van der Waals surface area contributed by atoms with Gasteiger partial charge < -0.3 is 4.74 Å². The molecule has 1 unspecified atom stereocenters. The van der Waals surface area contributed by atoms with Gasteiger partial charge in [-0.1, -0.05) is 13.8 Å². The van der Waals surface area contributed by atoms with Gasteiger partial charge in [-0.3, -0.25) is 9.69 Å². The molecule has 0 spiro atoms. The van der Waals surface area contributed by atoms with E-state index in [2.05, 4.69) is 4.98 Å². The lowest BCUT2D eigenvalue weighted by molar-refractivity contribution is -0.127. The maximum Gasteiger partial charge on any atom is 0.269 e. The molecule has 0 saturated heterocycles. The number of hydrogen-bond acceptors (Lipinski definition) is 3. The number of hydrogen-bond donors (Lipinski definition) is 0. The van der Waals surface area contributed by atoms with E-state index >= 15 is 0 Å². The Balaban J connectivity index is 2.41. The number of rotatable bonds is 1. The molecule has 4 nitrogen and oxygen atoms in total. The molecule has 1 aromatic rings. The first-order chi connectivity index (χ1) is 7.11. The van der Waals surface area contributed by atoms with Gasteiger partial charge in [-0.2, -0.15) is 0 Å². The molecule has 0 aromatic carbocycles. The quantitative estimate of drug-likeness (QED) is 0.698. The average Bonchev–Trinajstić information content (AvgIpc) is 2.23. The first kappa shape index (κ1) is 9.96. The van der Waals surface area contributed by atoms with Crippen molar-refractivity contribution in [3.63, 3.8) is 0 Å². The number of likely N-dealkylation sites (N-methyl/N-ethyl adjacent to an activating group) is 1. The lowest BCUT2D eigenvalue weighted by Gasteiger charge is -2.32. The van der Waals surface area contributed by atoms with Gasteiger partial charge in [0, 0.05) is 13.2 Å². The third-order valence-electron chi connectivity index (χ3n) is 2.50. The van der Waals surface area contributed by atoms with Crippen LogP contribution in [-0.4, -0.2) is 24.0 Å². The number of pyridine rings is 1. The summed E-state index contributed by atoms with van der Waals surface area (Å²) in [5.74, 6) is 1.40. The number of amides is 1. The maximum atomic E-state index is 11.9. The molecule has 80 valence electrons. The van der Waals surface area contributed by atoms with Gasteiger partial charge in [0.2, 0.25) is 0 Å². The summed E-state index contributed by atoms with van der Waals surface area (Å²) in [7, 11) is 1.73. The van der Waals surface area contributed by atoms with E-state index in [1.165, 1.54) is 0 Å². The van der Waals surface area contributed by atoms with Crippen LogP contribution in [0.25, 0.3) is 0 Å². The first-order valence-electron chi connectivity index (χ1n) is 5.00. The standard InChI is InChI=1S/C11H14N2O2/c1-7(2)9-11(14)13(3)10-8(15-9)5-4-6-12-10/h4-7,9H,1-3H3. The van der Waals surface area contributed by atoms with Crippen LogP contribution in [0.5, 0.6) is 5.75 Å². The van der Waals surface area contributed by atoms with E-state index in [-0.39, 0.29) is 11.8 Å². The van der Waals surface area contributed by atoms with Crippen molar-refractivity contribution in [3.8, 4) is 5.75 Å². The fourth-order valence-corrected chi connectivity index (χ4v) is 1.63.